The number of allylic oxidation sites excluding steroid dienone is 2. The lowest BCUT2D eigenvalue weighted by atomic mass is 9.88. The topological polar surface area (TPSA) is 43.7 Å². The molecule has 1 aromatic carbocycles. The van der Waals surface area contributed by atoms with Crippen LogP contribution in [0.15, 0.2) is 48.1 Å². The van der Waals surface area contributed by atoms with Crippen LogP contribution in [0.25, 0.3) is 0 Å². The number of hydrogen-bond acceptors (Lipinski definition) is 3. The molecule has 3 nitrogen and oxygen atoms in total. The van der Waals surface area contributed by atoms with Crippen LogP contribution in [0.1, 0.15) is 70.4 Å². The molecule has 2 N–H and O–H groups in total. The van der Waals surface area contributed by atoms with Crippen LogP contribution in [0.4, 0.5) is 0 Å². The molecule has 2 aliphatic rings. The van der Waals surface area contributed by atoms with Crippen molar-refractivity contribution in [1.29, 1.82) is 0 Å². The molecule has 0 aromatic heterocycles. The van der Waals surface area contributed by atoms with Crippen molar-refractivity contribution in [3.05, 3.63) is 59.2 Å². The van der Waals surface area contributed by atoms with Crippen molar-refractivity contribution in [3.8, 4) is 0 Å². The van der Waals surface area contributed by atoms with E-state index in [2.05, 4.69) is 70.0 Å². The van der Waals surface area contributed by atoms with Crippen LogP contribution in [0, 0.1) is 24.7 Å². The Bertz CT molecular complexity index is 791. The zero-order valence-electron chi connectivity index (χ0n) is 20.9. The summed E-state index contributed by atoms with van der Waals surface area (Å²) >= 11 is 0. The number of aliphatic hydroxyl groups is 2. The highest BCUT2D eigenvalue weighted by atomic mass is 16.3. The van der Waals surface area contributed by atoms with E-state index < -0.39 is 6.10 Å². The minimum Gasteiger partial charge on any atom is -0.392 e. The number of aliphatic hydroxyl groups excluding tert-OH is 2. The second-order valence-corrected chi connectivity index (χ2v) is 11.3. The molecule has 3 heteroatoms. The van der Waals surface area contributed by atoms with Crippen molar-refractivity contribution in [3.63, 3.8) is 0 Å². The first kappa shape index (κ1) is 25.2. The van der Waals surface area contributed by atoms with Crippen LogP contribution in [0.3, 0.4) is 0 Å². The normalized spacial score (nSPS) is 26.7. The van der Waals surface area contributed by atoms with Crippen LogP contribution < -0.4 is 0 Å². The van der Waals surface area contributed by atoms with Gasteiger partial charge in [0.1, 0.15) is 0 Å². The van der Waals surface area contributed by atoms with Crippen LogP contribution in [0.2, 0.25) is 0 Å². The predicted molar refractivity (Wildman–Crippen MR) is 135 cm³/mol. The molecule has 3 rings (SSSR count). The van der Waals surface area contributed by atoms with Crippen LogP contribution in [0.5, 0.6) is 0 Å². The molecule has 5 atom stereocenters. The summed E-state index contributed by atoms with van der Waals surface area (Å²) in [5.41, 5.74) is 4.22. The zero-order chi connectivity index (χ0) is 23.3. The first-order valence-corrected chi connectivity index (χ1v) is 12.6. The van der Waals surface area contributed by atoms with Gasteiger partial charge in [0.05, 0.1) is 12.2 Å². The number of hydrogen-bond donors (Lipinski definition) is 2. The summed E-state index contributed by atoms with van der Waals surface area (Å²) in [7, 11) is 2.22. The van der Waals surface area contributed by atoms with Crippen LogP contribution >= 0.6 is 0 Å². The van der Waals surface area contributed by atoms with Crippen LogP contribution in [-0.2, 0) is 6.42 Å². The fourth-order valence-electron chi connectivity index (χ4n) is 5.41. The Morgan fingerprint density at radius 2 is 1.97 bits per heavy atom. The van der Waals surface area contributed by atoms with Crippen molar-refractivity contribution < 1.29 is 10.2 Å². The summed E-state index contributed by atoms with van der Waals surface area (Å²) in [4.78, 5) is 2.44. The second kappa shape index (κ2) is 11.1. The van der Waals surface area contributed by atoms with Crippen LogP contribution in [-0.4, -0.2) is 46.5 Å². The maximum Gasteiger partial charge on any atom is 0.0761 e. The maximum absolute atomic E-state index is 10.6. The Kier molecular flexibility index (Phi) is 8.77. The number of unbranched alkanes of at least 4 members (excludes halogenated alkanes) is 2. The number of fused-ring (bicyclic) bond motifs is 1. The van der Waals surface area contributed by atoms with Crippen molar-refractivity contribution in [2.45, 2.75) is 90.4 Å². The minimum atomic E-state index is -0.497. The molecule has 0 saturated heterocycles. The van der Waals surface area contributed by atoms with E-state index in [1.165, 1.54) is 31.2 Å². The van der Waals surface area contributed by atoms with Gasteiger partial charge in [0.15, 0.2) is 0 Å². The zero-order valence-corrected chi connectivity index (χ0v) is 20.9. The smallest absolute Gasteiger partial charge is 0.0761 e. The van der Waals surface area contributed by atoms with Gasteiger partial charge in [0, 0.05) is 17.9 Å². The Labute approximate surface area is 196 Å². The number of rotatable bonds is 10. The Hall–Kier alpha value is -1.42. The molecule has 178 valence electrons. The van der Waals surface area contributed by atoms with Crippen molar-refractivity contribution >= 4 is 0 Å². The third kappa shape index (κ3) is 7.04. The number of benzene rings is 1. The molecular weight excluding hydrogens is 394 g/mol. The quantitative estimate of drug-likeness (QED) is 0.364. The fraction of sp³-hybridized carbons (Fsp3) is 0.655. The highest BCUT2D eigenvalue weighted by Crippen LogP contribution is 2.48. The highest BCUT2D eigenvalue weighted by Gasteiger charge is 2.43. The lowest BCUT2D eigenvalue weighted by Crippen LogP contribution is -2.38. The molecule has 1 saturated carbocycles. The van der Waals surface area contributed by atoms with E-state index in [1.54, 1.807) is 5.57 Å². The van der Waals surface area contributed by atoms with E-state index in [4.69, 9.17) is 0 Å². The number of aryl methyl sites for hydroxylation is 1. The second-order valence-electron chi connectivity index (χ2n) is 11.3. The molecule has 0 aliphatic heterocycles. The largest absolute Gasteiger partial charge is 0.392 e. The van der Waals surface area contributed by atoms with Gasteiger partial charge in [-0.25, -0.2) is 0 Å². The van der Waals surface area contributed by atoms with Crippen molar-refractivity contribution in [2.75, 3.05) is 13.6 Å². The molecule has 1 aromatic rings. The lowest BCUT2D eigenvalue weighted by Gasteiger charge is -2.31. The van der Waals surface area contributed by atoms with E-state index in [9.17, 15) is 10.2 Å². The molecule has 0 heterocycles. The lowest BCUT2D eigenvalue weighted by molar-refractivity contribution is 0.140. The molecule has 32 heavy (non-hydrogen) atoms. The van der Waals surface area contributed by atoms with E-state index in [1.807, 2.05) is 12.1 Å². The van der Waals surface area contributed by atoms with E-state index in [0.29, 0.717) is 18.3 Å². The summed E-state index contributed by atoms with van der Waals surface area (Å²) < 4.78 is 0. The number of nitrogens with zero attached hydrogens (tertiary/aromatic N) is 1. The Balaban J connectivity index is 1.43. The van der Waals surface area contributed by atoms with Gasteiger partial charge in [-0.15, -0.1) is 0 Å². The van der Waals surface area contributed by atoms with E-state index >= 15 is 0 Å². The van der Waals surface area contributed by atoms with E-state index in [-0.39, 0.29) is 17.6 Å². The molecule has 0 radical (unpaired) electrons. The summed E-state index contributed by atoms with van der Waals surface area (Å²) in [6.07, 6.45) is 13.3. The average Bonchev–Trinajstić information content (AvgIpc) is 3.21. The molecule has 1 fully saturated rings. The summed E-state index contributed by atoms with van der Waals surface area (Å²) in [5, 5.41) is 21.1. The van der Waals surface area contributed by atoms with Gasteiger partial charge in [-0.1, -0.05) is 60.1 Å². The van der Waals surface area contributed by atoms with Gasteiger partial charge in [-0.2, -0.15) is 0 Å². The fourth-order valence-corrected chi connectivity index (χ4v) is 5.41. The molecule has 0 spiro atoms. The summed E-state index contributed by atoms with van der Waals surface area (Å²) in [6.45, 7) is 10.1. The highest BCUT2D eigenvalue weighted by molar-refractivity contribution is 5.24. The first-order valence-electron chi connectivity index (χ1n) is 12.6. The van der Waals surface area contributed by atoms with Crippen molar-refractivity contribution in [1.82, 2.24) is 4.90 Å². The van der Waals surface area contributed by atoms with Gasteiger partial charge < -0.3 is 15.1 Å². The molecule has 0 bridgehead atoms. The molecule has 0 amide bonds. The van der Waals surface area contributed by atoms with E-state index in [0.717, 1.165) is 24.9 Å². The maximum atomic E-state index is 10.6. The minimum absolute atomic E-state index is 0.168. The van der Waals surface area contributed by atoms with Gasteiger partial charge >= 0.3 is 0 Å². The standard InChI is InChI=1S/C29H45NO2/c1-21-10-9-12-22(16-21)18-25(31)13-14-26-27-19-23(17-24(27)20-28(26)32)11-7-6-8-15-30(5)29(2,3)4/h9-10,12-14,16-17,24-28,31-32H,6-8,11,15,18-20H2,1-5H3/t24-,25-,26+,27-,28+/m0/s1. The molecule has 0 unspecified atom stereocenters. The Morgan fingerprint density at radius 1 is 1.19 bits per heavy atom. The molecular formula is C29H45NO2. The summed E-state index contributed by atoms with van der Waals surface area (Å²) in [5.74, 6) is 1.19. The molecule has 2 aliphatic carbocycles. The van der Waals surface area contributed by atoms with Gasteiger partial charge in [0.25, 0.3) is 0 Å². The monoisotopic (exact) mass is 439 g/mol. The van der Waals surface area contributed by atoms with Gasteiger partial charge in [-0.05, 0) is 90.8 Å². The first-order chi connectivity index (χ1) is 15.1. The van der Waals surface area contributed by atoms with Gasteiger partial charge in [-0.3, -0.25) is 0 Å². The van der Waals surface area contributed by atoms with Crippen molar-refractivity contribution in [2.24, 2.45) is 17.8 Å². The third-order valence-corrected chi connectivity index (χ3v) is 7.67. The predicted octanol–water partition coefficient (Wildman–Crippen LogP) is 5.69. The third-order valence-electron chi connectivity index (χ3n) is 7.67. The van der Waals surface area contributed by atoms with Gasteiger partial charge in [0.2, 0.25) is 0 Å². The average molecular weight is 440 g/mol. The summed E-state index contributed by atoms with van der Waals surface area (Å²) in [6, 6.07) is 8.32. The Morgan fingerprint density at radius 3 is 2.69 bits per heavy atom. The SMILES string of the molecule is Cc1cccc(C[C@@H](O)C=C[C@@H]2[C@H]3CC(CCCCCN(C)C(C)(C)C)=C[C@H]3C[C@H]2O)c1.